The van der Waals surface area contributed by atoms with E-state index in [0.717, 1.165) is 77.0 Å². The number of nitrogens with one attached hydrogen (secondary N) is 1. The number of esters is 1. The van der Waals surface area contributed by atoms with Gasteiger partial charge in [-0.1, -0.05) is 197 Å². The number of carbonyl (C=O) groups excluding carboxylic acids is 2. The van der Waals surface area contributed by atoms with E-state index in [2.05, 4.69) is 68.6 Å². The molecule has 0 bridgehead atoms. The largest absolute Gasteiger partial charge is 0.472 e. The normalized spacial score (nSPS) is 14.4. The van der Waals surface area contributed by atoms with Crippen molar-refractivity contribution in [2.75, 3.05) is 40.9 Å². The molecular weight excluding hydrogens is 832 g/mol. The van der Waals surface area contributed by atoms with Crippen molar-refractivity contribution in [2.24, 2.45) is 0 Å². The maximum atomic E-state index is 13.4. The van der Waals surface area contributed by atoms with Crippen LogP contribution >= 0.6 is 7.82 Å². The number of hydrogen-bond donors (Lipinski definition) is 2. The van der Waals surface area contributed by atoms with Crippen LogP contribution in [0.2, 0.25) is 0 Å². The van der Waals surface area contributed by atoms with Crippen molar-refractivity contribution in [2.45, 2.75) is 238 Å². The second-order valence-corrected chi connectivity index (χ2v) is 20.5. The Hall–Kier alpha value is -2.29. The third-order valence-electron chi connectivity index (χ3n) is 11.5. The molecular formula is C55H102N2O7P+. The number of amides is 1. The van der Waals surface area contributed by atoms with E-state index in [4.69, 9.17) is 13.8 Å². The highest BCUT2D eigenvalue weighted by molar-refractivity contribution is 7.47. The Morgan fingerprint density at radius 1 is 0.554 bits per heavy atom. The number of nitrogens with zero attached hydrogens (tertiary/aromatic N) is 1. The van der Waals surface area contributed by atoms with E-state index in [1.807, 2.05) is 39.4 Å². The predicted molar refractivity (Wildman–Crippen MR) is 277 cm³/mol. The predicted octanol–water partition coefficient (Wildman–Crippen LogP) is 15.5. The summed E-state index contributed by atoms with van der Waals surface area (Å²) in [5, 5.41) is 2.99. The molecule has 0 heterocycles. The van der Waals surface area contributed by atoms with Crippen LogP contribution in [0, 0.1) is 0 Å². The number of carbonyl (C=O) groups is 2. The summed E-state index contributed by atoms with van der Waals surface area (Å²) >= 11 is 0. The molecule has 65 heavy (non-hydrogen) atoms. The topological polar surface area (TPSA) is 111 Å². The van der Waals surface area contributed by atoms with E-state index in [1.165, 1.54) is 109 Å². The Labute approximate surface area is 401 Å². The molecule has 2 N–H and O–H groups in total. The molecule has 9 nitrogen and oxygen atoms in total. The number of quaternary nitrogens is 1. The quantitative estimate of drug-likeness (QED) is 0.0206. The molecule has 0 rings (SSSR count). The standard InChI is InChI=1S/C55H101N2O7P/c1-7-10-13-16-19-22-25-28-30-33-36-39-42-45-48-55(59)64-53(46-43-40-37-34-31-27-24-21-18-15-12-9-3)52(51-63-65(60,61)62-50-49-57(4,5)6)56-54(58)47-44-41-38-35-32-29-26-23-20-17-14-11-8-2/h10,13,19,22,29,32,38,41,43,46,52-53H,7-9,11-12,14-18,20-21,23-28,30-31,33-37,39-40,42,44-45,47-51H2,1-6H3,(H-,56,58,60,61)/p+1/b13-10+,22-19+,32-29-,41-38+,46-43+. The summed E-state index contributed by atoms with van der Waals surface area (Å²) in [6.45, 7) is 6.83. The van der Waals surface area contributed by atoms with Crippen LogP contribution in [0.25, 0.3) is 0 Å². The summed E-state index contributed by atoms with van der Waals surface area (Å²) in [6.07, 6.45) is 55.2. The van der Waals surface area contributed by atoms with Crippen molar-refractivity contribution in [3.63, 3.8) is 0 Å². The summed E-state index contributed by atoms with van der Waals surface area (Å²) in [5.74, 6) is -0.595. The molecule has 0 radical (unpaired) electrons. The molecule has 0 aliphatic rings. The molecule has 0 spiro atoms. The molecule has 3 atom stereocenters. The molecule has 3 unspecified atom stereocenters. The van der Waals surface area contributed by atoms with Gasteiger partial charge in [0.2, 0.25) is 5.91 Å². The molecule has 0 saturated heterocycles. The third-order valence-corrected chi connectivity index (χ3v) is 12.4. The number of phosphoric acid groups is 1. The number of likely N-dealkylation sites (N-methyl/N-ethyl adjacent to an activating group) is 1. The third kappa shape index (κ3) is 46.6. The van der Waals surface area contributed by atoms with Gasteiger partial charge in [0.15, 0.2) is 0 Å². The first kappa shape index (κ1) is 62.7. The van der Waals surface area contributed by atoms with Crippen molar-refractivity contribution in [3.8, 4) is 0 Å². The summed E-state index contributed by atoms with van der Waals surface area (Å²) in [4.78, 5) is 37.4. The number of rotatable bonds is 47. The molecule has 10 heteroatoms. The van der Waals surface area contributed by atoms with Crippen molar-refractivity contribution in [1.29, 1.82) is 0 Å². The highest BCUT2D eigenvalue weighted by Crippen LogP contribution is 2.43. The van der Waals surface area contributed by atoms with Crippen LogP contribution in [0.4, 0.5) is 0 Å². The van der Waals surface area contributed by atoms with Crippen molar-refractivity contribution in [3.05, 3.63) is 60.8 Å². The first-order valence-corrected chi connectivity index (χ1v) is 28.1. The van der Waals surface area contributed by atoms with Crippen LogP contribution in [-0.4, -0.2) is 74.3 Å². The molecule has 0 aliphatic carbocycles. The summed E-state index contributed by atoms with van der Waals surface area (Å²) in [7, 11) is 1.45. The van der Waals surface area contributed by atoms with E-state index >= 15 is 0 Å². The van der Waals surface area contributed by atoms with E-state index < -0.39 is 20.0 Å². The minimum Gasteiger partial charge on any atom is -0.456 e. The van der Waals surface area contributed by atoms with Crippen LogP contribution in [0.5, 0.6) is 0 Å². The van der Waals surface area contributed by atoms with E-state index in [1.54, 1.807) is 0 Å². The highest BCUT2D eigenvalue weighted by atomic mass is 31.2. The van der Waals surface area contributed by atoms with Crippen LogP contribution in [0.3, 0.4) is 0 Å². The Morgan fingerprint density at radius 3 is 1.49 bits per heavy atom. The van der Waals surface area contributed by atoms with Gasteiger partial charge in [-0.05, 0) is 76.7 Å². The lowest BCUT2D eigenvalue weighted by Gasteiger charge is -2.27. The van der Waals surface area contributed by atoms with Gasteiger partial charge in [0.05, 0.1) is 33.8 Å². The minimum atomic E-state index is -4.45. The van der Waals surface area contributed by atoms with Gasteiger partial charge in [-0.15, -0.1) is 0 Å². The van der Waals surface area contributed by atoms with Gasteiger partial charge >= 0.3 is 13.8 Å². The SMILES string of the molecule is CC/C=C/C/C=C/CCCCCCCCCC(=O)OC(/C=C/CCCCCCCCCCCC)C(COP(=O)(O)OCC[N+](C)(C)C)NC(=O)CC/C=C/C/C=C\CCCCCCCC. The number of unbranched alkanes of at least 4 members (excludes halogenated alkanes) is 23. The summed E-state index contributed by atoms with van der Waals surface area (Å²) in [6, 6.07) is -0.880. The fourth-order valence-electron chi connectivity index (χ4n) is 7.32. The first-order chi connectivity index (χ1) is 31.4. The molecule has 0 aromatic carbocycles. The highest BCUT2D eigenvalue weighted by Gasteiger charge is 2.30. The van der Waals surface area contributed by atoms with Gasteiger partial charge in [-0.25, -0.2) is 4.57 Å². The van der Waals surface area contributed by atoms with Gasteiger partial charge in [-0.2, -0.15) is 0 Å². The molecule has 0 aliphatic heterocycles. The van der Waals surface area contributed by atoms with Crippen molar-refractivity contribution in [1.82, 2.24) is 5.32 Å². The molecule has 0 aromatic heterocycles. The Morgan fingerprint density at radius 2 is 1.00 bits per heavy atom. The van der Waals surface area contributed by atoms with Crippen LogP contribution < -0.4 is 5.32 Å². The van der Waals surface area contributed by atoms with E-state index in [-0.39, 0.29) is 37.9 Å². The molecule has 1 amide bonds. The fraction of sp³-hybridized carbons (Fsp3) is 0.782. The van der Waals surface area contributed by atoms with Crippen molar-refractivity contribution < 1.29 is 37.3 Å². The zero-order valence-corrected chi connectivity index (χ0v) is 43.9. The Kier molecular flexibility index (Phi) is 43.9. The average molecular weight is 934 g/mol. The van der Waals surface area contributed by atoms with E-state index in [0.29, 0.717) is 17.4 Å². The van der Waals surface area contributed by atoms with Crippen LogP contribution in [0.15, 0.2) is 60.8 Å². The monoisotopic (exact) mass is 934 g/mol. The molecule has 0 fully saturated rings. The van der Waals surface area contributed by atoms with Gasteiger partial charge < -0.3 is 19.4 Å². The molecule has 0 saturated carbocycles. The van der Waals surface area contributed by atoms with Gasteiger partial charge in [-0.3, -0.25) is 18.6 Å². The van der Waals surface area contributed by atoms with Gasteiger partial charge in [0.1, 0.15) is 19.3 Å². The summed E-state index contributed by atoms with van der Waals surface area (Å²) in [5.41, 5.74) is 0. The molecule has 0 aromatic rings. The fourth-order valence-corrected chi connectivity index (χ4v) is 8.06. The van der Waals surface area contributed by atoms with Gasteiger partial charge in [0, 0.05) is 12.8 Å². The lowest BCUT2D eigenvalue weighted by atomic mass is 10.1. The number of ether oxygens (including phenoxy) is 1. The summed E-state index contributed by atoms with van der Waals surface area (Å²) < 4.78 is 30.5. The Balaban J connectivity index is 5.50. The number of phosphoric ester groups is 1. The van der Waals surface area contributed by atoms with Crippen LogP contribution in [0.1, 0.15) is 226 Å². The Bertz CT molecular complexity index is 1300. The van der Waals surface area contributed by atoms with E-state index in [9.17, 15) is 19.0 Å². The minimum absolute atomic E-state index is 0.0284. The second-order valence-electron chi connectivity index (χ2n) is 19.0. The maximum Gasteiger partial charge on any atom is 0.472 e. The van der Waals surface area contributed by atoms with Gasteiger partial charge in [0.25, 0.3) is 0 Å². The van der Waals surface area contributed by atoms with Crippen LogP contribution in [-0.2, 0) is 27.9 Å². The maximum absolute atomic E-state index is 13.4. The number of allylic oxidation sites excluding steroid dienone is 9. The second kappa shape index (κ2) is 45.5. The smallest absolute Gasteiger partial charge is 0.456 e. The number of hydrogen-bond acceptors (Lipinski definition) is 6. The zero-order valence-electron chi connectivity index (χ0n) is 43.0. The first-order valence-electron chi connectivity index (χ1n) is 26.6. The lowest BCUT2D eigenvalue weighted by molar-refractivity contribution is -0.870. The van der Waals surface area contributed by atoms with Crippen molar-refractivity contribution >= 4 is 19.7 Å². The molecule has 378 valence electrons. The average Bonchev–Trinajstić information content (AvgIpc) is 3.26. The lowest BCUT2D eigenvalue weighted by Crippen LogP contribution is -2.47. The zero-order chi connectivity index (χ0) is 48.0.